The Balaban J connectivity index is 1.47. The fourth-order valence-corrected chi connectivity index (χ4v) is 2.64. The molecule has 2 aromatic rings. The van der Waals surface area contributed by atoms with E-state index in [0.717, 1.165) is 12.1 Å². The second-order valence-electron chi connectivity index (χ2n) is 5.73. The Kier molecular flexibility index (Phi) is 5.13. The molecule has 1 aromatic heterocycles. The topological polar surface area (TPSA) is 91.7 Å². The Morgan fingerprint density at radius 2 is 1.92 bits per heavy atom. The maximum atomic E-state index is 12.1. The molecule has 1 aliphatic heterocycles. The first-order valence-corrected chi connectivity index (χ1v) is 8.11. The highest BCUT2D eigenvalue weighted by molar-refractivity contribution is 5.98. The number of benzene rings is 1. The number of nitrogens with one attached hydrogen (secondary N) is 2. The minimum atomic E-state index is -0.340. The number of rotatable bonds is 6. The molecule has 0 radical (unpaired) electrons. The third-order valence-electron chi connectivity index (χ3n) is 3.96. The summed E-state index contributed by atoms with van der Waals surface area (Å²) in [6.07, 6.45) is 2.95. The van der Waals surface area contributed by atoms with Crippen molar-refractivity contribution in [1.82, 2.24) is 10.6 Å². The summed E-state index contributed by atoms with van der Waals surface area (Å²) in [4.78, 5) is 37.2. The van der Waals surface area contributed by atoms with Crippen LogP contribution >= 0.6 is 0 Å². The van der Waals surface area contributed by atoms with Crippen molar-refractivity contribution in [3.63, 3.8) is 0 Å². The Morgan fingerprint density at radius 1 is 1.12 bits per heavy atom. The first-order valence-electron chi connectivity index (χ1n) is 8.11. The van der Waals surface area contributed by atoms with Crippen LogP contribution in [-0.4, -0.2) is 30.8 Å². The predicted octanol–water partition coefficient (Wildman–Crippen LogP) is 1.45. The summed E-state index contributed by atoms with van der Waals surface area (Å²) in [5.74, 6) is 0.105. The molecule has 0 bridgehead atoms. The van der Waals surface area contributed by atoms with Crippen molar-refractivity contribution in [3.05, 3.63) is 54.0 Å². The van der Waals surface area contributed by atoms with Crippen LogP contribution in [0.2, 0.25) is 0 Å². The minimum Gasteiger partial charge on any atom is -0.467 e. The quantitative estimate of drug-likeness (QED) is 0.832. The van der Waals surface area contributed by atoms with Gasteiger partial charge in [-0.05, 0) is 42.8 Å². The Bertz CT molecular complexity index is 753. The average molecular weight is 341 g/mol. The van der Waals surface area contributed by atoms with Crippen molar-refractivity contribution in [1.29, 1.82) is 0 Å². The molecule has 0 saturated carbocycles. The molecule has 2 heterocycles. The van der Waals surface area contributed by atoms with E-state index in [2.05, 4.69) is 10.6 Å². The number of carbonyl (C=O) groups is 3. The van der Waals surface area contributed by atoms with Gasteiger partial charge >= 0.3 is 0 Å². The van der Waals surface area contributed by atoms with Crippen LogP contribution in [0.1, 0.15) is 29.0 Å². The van der Waals surface area contributed by atoms with Crippen molar-refractivity contribution in [2.45, 2.75) is 19.4 Å². The summed E-state index contributed by atoms with van der Waals surface area (Å²) in [5, 5.41) is 5.22. The molecular formula is C18H19N3O4. The lowest BCUT2D eigenvalue weighted by Gasteiger charge is -2.15. The molecule has 130 valence electrons. The maximum absolute atomic E-state index is 12.1. The third-order valence-corrected chi connectivity index (χ3v) is 3.96. The number of furan rings is 1. The molecular weight excluding hydrogens is 322 g/mol. The number of nitrogens with zero attached hydrogens (tertiary/aromatic N) is 1. The van der Waals surface area contributed by atoms with E-state index in [1.807, 2.05) is 0 Å². The van der Waals surface area contributed by atoms with Gasteiger partial charge in [0.1, 0.15) is 5.76 Å². The van der Waals surface area contributed by atoms with Crippen molar-refractivity contribution < 1.29 is 18.8 Å². The molecule has 0 aliphatic carbocycles. The first kappa shape index (κ1) is 16.8. The molecule has 1 saturated heterocycles. The summed E-state index contributed by atoms with van der Waals surface area (Å²) in [5.41, 5.74) is 1.23. The Morgan fingerprint density at radius 3 is 2.56 bits per heavy atom. The van der Waals surface area contributed by atoms with E-state index in [9.17, 15) is 14.4 Å². The zero-order chi connectivity index (χ0) is 17.6. The van der Waals surface area contributed by atoms with Crippen LogP contribution in [0.4, 0.5) is 5.69 Å². The zero-order valence-electron chi connectivity index (χ0n) is 13.7. The minimum absolute atomic E-state index is 0.102. The zero-order valence-corrected chi connectivity index (χ0v) is 13.7. The van der Waals surface area contributed by atoms with Gasteiger partial charge in [-0.15, -0.1) is 0 Å². The Labute approximate surface area is 145 Å². The molecule has 3 rings (SSSR count). The van der Waals surface area contributed by atoms with E-state index in [-0.39, 0.29) is 30.8 Å². The normalized spacial score (nSPS) is 13.8. The van der Waals surface area contributed by atoms with Gasteiger partial charge in [0.2, 0.25) is 11.8 Å². The molecule has 7 heteroatoms. The predicted molar refractivity (Wildman–Crippen MR) is 90.9 cm³/mol. The van der Waals surface area contributed by atoms with E-state index >= 15 is 0 Å². The van der Waals surface area contributed by atoms with Gasteiger partial charge in [-0.3, -0.25) is 14.4 Å². The Hall–Kier alpha value is -3.09. The van der Waals surface area contributed by atoms with Crippen molar-refractivity contribution >= 4 is 23.4 Å². The van der Waals surface area contributed by atoms with Gasteiger partial charge < -0.3 is 20.0 Å². The number of carbonyl (C=O) groups excluding carboxylic acids is 3. The summed E-state index contributed by atoms with van der Waals surface area (Å²) in [7, 11) is 0. The highest BCUT2D eigenvalue weighted by Gasteiger charge is 2.21. The van der Waals surface area contributed by atoms with Gasteiger partial charge in [-0.2, -0.15) is 0 Å². The van der Waals surface area contributed by atoms with Gasteiger partial charge in [0.15, 0.2) is 0 Å². The molecule has 25 heavy (non-hydrogen) atoms. The highest BCUT2D eigenvalue weighted by atomic mass is 16.3. The van der Waals surface area contributed by atoms with E-state index in [1.54, 1.807) is 41.3 Å². The third kappa shape index (κ3) is 4.26. The lowest BCUT2D eigenvalue weighted by Crippen LogP contribution is -2.36. The summed E-state index contributed by atoms with van der Waals surface area (Å²) < 4.78 is 5.11. The molecule has 3 amide bonds. The molecule has 0 spiro atoms. The molecule has 7 nitrogen and oxygen atoms in total. The number of anilines is 1. The number of hydrogen-bond donors (Lipinski definition) is 2. The number of hydrogen-bond acceptors (Lipinski definition) is 4. The van der Waals surface area contributed by atoms with Crippen molar-refractivity contribution in [2.75, 3.05) is 18.0 Å². The smallest absolute Gasteiger partial charge is 0.251 e. The van der Waals surface area contributed by atoms with Crippen molar-refractivity contribution in [2.24, 2.45) is 0 Å². The fraction of sp³-hybridized carbons (Fsp3) is 0.278. The summed E-state index contributed by atoms with van der Waals surface area (Å²) >= 11 is 0. The van der Waals surface area contributed by atoms with Crippen LogP contribution in [0, 0.1) is 0 Å². The van der Waals surface area contributed by atoms with Crippen LogP contribution in [0.25, 0.3) is 0 Å². The van der Waals surface area contributed by atoms with Crippen LogP contribution in [0.15, 0.2) is 47.1 Å². The van der Waals surface area contributed by atoms with Crippen molar-refractivity contribution in [3.8, 4) is 0 Å². The van der Waals surface area contributed by atoms with Crippen LogP contribution in [-0.2, 0) is 16.1 Å². The van der Waals surface area contributed by atoms with Gasteiger partial charge in [0.25, 0.3) is 5.91 Å². The van der Waals surface area contributed by atoms with Crippen LogP contribution in [0.3, 0.4) is 0 Å². The molecule has 2 N–H and O–H groups in total. The van der Waals surface area contributed by atoms with Crippen LogP contribution in [0.5, 0.6) is 0 Å². The second kappa shape index (κ2) is 7.65. The van der Waals surface area contributed by atoms with Gasteiger partial charge in [0.05, 0.1) is 19.4 Å². The lowest BCUT2D eigenvalue weighted by molar-refractivity contribution is -0.120. The number of amides is 3. The second-order valence-corrected chi connectivity index (χ2v) is 5.73. The average Bonchev–Trinajstić information content (AvgIpc) is 3.29. The van der Waals surface area contributed by atoms with E-state index in [1.165, 1.54) is 6.26 Å². The van der Waals surface area contributed by atoms with Gasteiger partial charge in [-0.25, -0.2) is 0 Å². The monoisotopic (exact) mass is 341 g/mol. The highest BCUT2D eigenvalue weighted by Crippen LogP contribution is 2.21. The maximum Gasteiger partial charge on any atom is 0.251 e. The molecule has 0 atom stereocenters. The summed E-state index contributed by atoms with van der Waals surface area (Å²) in [6, 6.07) is 10.3. The van der Waals surface area contributed by atoms with E-state index in [0.29, 0.717) is 24.3 Å². The molecule has 1 aromatic carbocycles. The lowest BCUT2D eigenvalue weighted by atomic mass is 10.2. The molecule has 1 fully saturated rings. The largest absolute Gasteiger partial charge is 0.467 e. The first-order chi connectivity index (χ1) is 12.1. The van der Waals surface area contributed by atoms with Gasteiger partial charge in [-0.1, -0.05) is 0 Å². The molecule has 0 unspecified atom stereocenters. The SMILES string of the molecule is O=C(CNC(=O)c1ccc(N2CCCC2=O)cc1)NCc1ccco1. The van der Waals surface area contributed by atoms with E-state index in [4.69, 9.17) is 4.42 Å². The standard InChI is InChI=1S/C18H19N3O4/c22-16(19-11-15-3-2-10-25-15)12-20-18(24)13-5-7-14(8-6-13)21-9-1-4-17(21)23/h2-3,5-8,10H,1,4,9,11-12H2,(H,19,22)(H,20,24). The van der Waals surface area contributed by atoms with Crippen LogP contribution < -0.4 is 15.5 Å². The molecule has 1 aliphatic rings. The van der Waals surface area contributed by atoms with E-state index < -0.39 is 0 Å². The van der Waals surface area contributed by atoms with Gasteiger partial charge in [0, 0.05) is 24.2 Å². The summed E-state index contributed by atoms with van der Waals surface area (Å²) in [6.45, 7) is 0.867. The fourth-order valence-electron chi connectivity index (χ4n) is 2.64.